The fraction of sp³-hybridized carbons (Fsp3) is 0.484. The number of hydrogen-bond acceptors (Lipinski definition) is 20. The van der Waals surface area contributed by atoms with Crippen LogP contribution in [0.15, 0.2) is 53.3 Å². The average molecular weight is 887 g/mol. The Morgan fingerprint density at radius 1 is 1.12 bits per heavy atom. The Labute approximate surface area is 337 Å². The minimum absolute atomic E-state index is 0.0108. The largest absolute Gasteiger partial charge is 0.472 e. The van der Waals surface area contributed by atoms with Gasteiger partial charge in [0.1, 0.15) is 54.3 Å². The Morgan fingerprint density at radius 3 is 2.58 bits per heavy atom. The molecule has 0 aromatic carbocycles. The molecule has 8 N–H and O–H groups in total. The number of aliphatic hydroxyl groups excluding tert-OH is 1. The van der Waals surface area contributed by atoms with Crippen LogP contribution in [0, 0.1) is 0 Å². The second-order valence-corrected chi connectivity index (χ2v) is 16.5. The van der Waals surface area contributed by atoms with Gasteiger partial charge in [-0.05, 0) is 12.5 Å². The molecule has 320 valence electrons. The van der Waals surface area contributed by atoms with E-state index in [9.17, 15) is 43.3 Å². The number of aromatic nitrogens is 7. The predicted molar refractivity (Wildman–Crippen MR) is 201 cm³/mol. The molecule has 2 fully saturated rings. The van der Waals surface area contributed by atoms with Crippen LogP contribution in [0.2, 0.25) is 0 Å². The Morgan fingerprint density at radius 2 is 1.88 bits per heavy atom. The van der Waals surface area contributed by atoms with Crippen molar-refractivity contribution in [3.63, 3.8) is 0 Å². The van der Waals surface area contributed by atoms with Crippen LogP contribution in [0.25, 0.3) is 11.2 Å². The van der Waals surface area contributed by atoms with Crippen LogP contribution in [0.1, 0.15) is 37.4 Å². The highest BCUT2D eigenvalue weighted by Crippen LogP contribution is 2.50. The number of nitrogens with zero attached hydrogens (tertiary/aromatic N) is 8. The third-order valence-corrected chi connectivity index (χ3v) is 11.4. The third kappa shape index (κ3) is 10.6. The lowest BCUT2D eigenvalue weighted by atomic mass is 10.1. The fourth-order valence-electron chi connectivity index (χ4n) is 6.31. The number of phosphoric ester groups is 2. The maximum Gasteiger partial charge on any atom is 0.472 e. The molecule has 2 aliphatic heterocycles. The number of carbonyl (C=O) groups is 2. The van der Waals surface area contributed by atoms with E-state index >= 15 is 0 Å². The highest BCUT2D eigenvalue weighted by Gasteiger charge is 2.50. The second-order valence-electron chi connectivity index (χ2n) is 13.2. The molecule has 9 atom stereocenters. The van der Waals surface area contributed by atoms with E-state index in [2.05, 4.69) is 36.0 Å². The maximum atomic E-state index is 14.0. The van der Waals surface area contributed by atoms with Gasteiger partial charge in [0.05, 0.1) is 30.7 Å². The SMILES string of the molecule is C=CCCC(=O)N(C)C(Cc1cscn1)C(=O)O[C@H]1[C@@H](O)[C@H](n2cnc3c(N)ncnc32)O[C@@H]1COP(=O)(O)O[C@H]1C[C@H](n2ccc(N)nc2=O)O[C@H]1COP(=O)(O)O. The molecular formula is C31H40N10O15P2S. The van der Waals surface area contributed by atoms with E-state index in [1.165, 1.54) is 46.4 Å². The lowest BCUT2D eigenvalue weighted by Crippen LogP contribution is -2.48. The lowest BCUT2D eigenvalue weighted by molar-refractivity contribution is -0.165. The van der Waals surface area contributed by atoms with Crippen LogP contribution in [0.4, 0.5) is 11.6 Å². The molecule has 0 saturated carbocycles. The number of thiazole rings is 1. The van der Waals surface area contributed by atoms with Crippen molar-refractivity contribution in [3.8, 4) is 0 Å². The molecule has 6 rings (SSSR count). The standard InChI is InChI=1S/C31H40N10O15P2S/c1-3-4-5-22(42)39(2)17(8-16-12-59-15-37-16)30(44)55-26-20(54-29(25(26)43)41-14-36-24-27(33)34-13-35-28(24)41)11-52-58(49,50)56-18-9-23(40-7-6-21(32)38-31(40)45)53-19(18)10-51-57(46,47)48/h3,6-7,12-15,17-20,23,25-26,29,43H,1,4-5,8-11H2,2H3,(H,49,50)(H2,32,38,45)(H2,33,34,35)(H2,46,47,48)/t17?,18-,19-,20+,23+,25+,26+,29+/m0/s1. The number of ether oxygens (including phenoxy) is 3. The van der Waals surface area contributed by atoms with Gasteiger partial charge < -0.3 is 50.4 Å². The van der Waals surface area contributed by atoms with Gasteiger partial charge in [0.2, 0.25) is 5.91 Å². The summed E-state index contributed by atoms with van der Waals surface area (Å²) < 4.78 is 60.2. The molecule has 2 aliphatic rings. The van der Waals surface area contributed by atoms with Crippen molar-refractivity contribution in [1.29, 1.82) is 0 Å². The quantitative estimate of drug-likeness (QED) is 0.0428. The summed E-state index contributed by atoms with van der Waals surface area (Å²) >= 11 is 1.27. The molecule has 2 unspecified atom stereocenters. The number of anilines is 2. The summed E-state index contributed by atoms with van der Waals surface area (Å²) in [7, 11) is -8.88. The van der Waals surface area contributed by atoms with E-state index < -0.39 is 95.4 Å². The number of aliphatic hydroxyl groups is 1. The monoisotopic (exact) mass is 886 g/mol. The number of fused-ring (bicyclic) bond motifs is 1. The molecule has 59 heavy (non-hydrogen) atoms. The first-order valence-corrected chi connectivity index (χ1v) is 21.5. The fourth-order valence-corrected chi connectivity index (χ4v) is 8.18. The summed E-state index contributed by atoms with van der Waals surface area (Å²) in [4.78, 5) is 90.4. The van der Waals surface area contributed by atoms with Crippen molar-refractivity contribution in [1.82, 2.24) is 39.0 Å². The molecule has 6 heterocycles. The summed E-state index contributed by atoms with van der Waals surface area (Å²) in [5.41, 5.74) is 12.9. The van der Waals surface area contributed by atoms with Crippen molar-refractivity contribution in [3.05, 3.63) is 64.6 Å². The second kappa shape index (κ2) is 18.4. The van der Waals surface area contributed by atoms with E-state index in [-0.39, 0.29) is 42.1 Å². The van der Waals surface area contributed by atoms with Crippen LogP contribution in [-0.4, -0.2) is 127 Å². The highest BCUT2D eigenvalue weighted by atomic mass is 32.1. The van der Waals surface area contributed by atoms with E-state index in [1.54, 1.807) is 17.0 Å². The molecule has 0 bridgehead atoms. The van der Waals surface area contributed by atoms with Crippen molar-refractivity contribution >= 4 is 61.7 Å². The number of hydrogen-bond donors (Lipinski definition) is 6. The molecule has 4 aromatic heterocycles. The number of nitrogens with two attached hydrogens (primary N) is 2. The van der Waals surface area contributed by atoms with Gasteiger partial charge in [-0.1, -0.05) is 6.08 Å². The van der Waals surface area contributed by atoms with E-state index in [4.69, 9.17) is 34.7 Å². The summed E-state index contributed by atoms with van der Waals surface area (Å²) in [6, 6.07) is 0.0313. The van der Waals surface area contributed by atoms with Crippen LogP contribution in [-0.2, 0) is 52.9 Å². The smallest absolute Gasteiger partial charge is 0.455 e. The molecule has 0 aliphatic carbocycles. The number of likely N-dealkylation sites (N-methyl/N-ethyl adjacent to an activating group) is 1. The molecule has 0 spiro atoms. The number of rotatable bonds is 18. The van der Waals surface area contributed by atoms with E-state index in [0.717, 1.165) is 10.9 Å². The Balaban J connectivity index is 1.24. The van der Waals surface area contributed by atoms with Crippen LogP contribution < -0.4 is 17.2 Å². The Bertz CT molecular complexity index is 2290. The zero-order chi connectivity index (χ0) is 42.6. The topological polar surface area (TPSA) is 351 Å². The molecule has 0 radical (unpaired) electrons. The zero-order valence-corrected chi connectivity index (χ0v) is 33.5. The van der Waals surface area contributed by atoms with Gasteiger partial charge in [-0.15, -0.1) is 17.9 Å². The normalized spacial score (nSPS) is 24.8. The minimum Gasteiger partial charge on any atom is -0.455 e. The summed E-state index contributed by atoms with van der Waals surface area (Å²) in [5, 5.41) is 13.4. The summed E-state index contributed by atoms with van der Waals surface area (Å²) in [6.45, 7) is 1.90. The first-order chi connectivity index (χ1) is 27.9. The van der Waals surface area contributed by atoms with Crippen LogP contribution in [0.5, 0.6) is 0 Å². The van der Waals surface area contributed by atoms with Crippen molar-refractivity contribution in [2.24, 2.45) is 0 Å². The van der Waals surface area contributed by atoms with Gasteiger partial charge in [0, 0.05) is 37.9 Å². The Kier molecular flexibility index (Phi) is 13.7. The van der Waals surface area contributed by atoms with Gasteiger partial charge >= 0.3 is 27.3 Å². The minimum atomic E-state index is -5.22. The molecule has 4 aromatic rings. The zero-order valence-electron chi connectivity index (χ0n) is 30.9. The van der Waals surface area contributed by atoms with Crippen LogP contribution in [0.3, 0.4) is 0 Å². The number of carbonyl (C=O) groups excluding carboxylic acids is 2. The predicted octanol–water partition coefficient (Wildman–Crippen LogP) is -0.191. The van der Waals surface area contributed by atoms with Gasteiger partial charge in [-0.2, -0.15) is 4.98 Å². The number of nitrogen functional groups attached to an aromatic ring is 2. The number of allylic oxidation sites excluding steroid dienone is 1. The Hall–Kier alpha value is -4.56. The number of imidazole rings is 1. The molecule has 1 amide bonds. The first-order valence-electron chi connectivity index (χ1n) is 17.5. The van der Waals surface area contributed by atoms with E-state index in [0.29, 0.717) is 12.1 Å². The summed E-state index contributed by atoms with van der Waals surface area (Å²) in [5.74, 6) is -1.49. The van der Waals surface area contributed by atoms with E-state index in [1.807, 2.05) is 0 Å². The van der Waals surface area contributed by atoms with Gasteiger partial charge in [0.15, 0.2) is 23.8 Å². The molecule has 2 saturated heterocycles. The van der Waals surface area contributed by atoms with Crippen molar-refractivity contribution in [2.45, 2.75) is 74.7 Å². The maximum absolute atomic E-state index is 14.0. The number of esters is 1. The third-order valence-electron chi connectivity index (χ3n) is 9.22. The van der Waals surface area contributed by atoms with Gasteiger partial charge in [-0.3, -0.25) is 27.5 Å². The summed E-state index contributed by atoms with van der Waals surface area (Å²) in [6.07, 6.45) is -5.28. The molecule has 25 nitrogen and oxygen atoms in total. The first kappa shape index (κ1) is 44.0. The van der Waals surface area contributed by atoms with Crippen molar-refractivity contribution in [2.75, 3.05) is 31.7 Å². The van der Waals surface area contributed by atoms with Gasteiger partial charge in [0.25, 0.3) is 0 Å². The van der Waals surface area contributed by atoms with Gasteiger partial charge in [-0.25, -0.2) is 38.7 Å². The number of amides is 1. The van der Waals surface area contributed by atoms with Crippen LogP contribution >= 0.6 is 27.0 Å². The molecule has 28 heteroatoms. The number of phosphoric acid groups is 2. The molecular weight excluding hydrogens is 846 g/mol. The highest BCUT2D eigenvalue weighted by molar-refractivity contribution is 7.47. The van der Waals surface area contributed by atoms with Crippen molar-refractivity contribution < 1.29 is 66.3 Å². The lowest BCUT2D eigenvalue weighted by Gasteiger charge is -2.29. The average Bonchev–Trinajstić information content (AvgIpc) is 3.98.